The Balaban J connectivity index is 1.33. The molecule has 1 saturated heterocycles. The third-order valence-electron chi connectivity index (χ3n) is 6.60. The first-order valence-electron chi connectivity index (χ1n) is 11.0. The molecule has 174 valence electrons. The maximum atomic E-state index is 12.7. The SMILES string of the molecule is C[C@H](CC(=O)N(C)C1(C(=O)O)CCOC1)NC(=O)OCC1c2ccccc2-c2ccccc21. The molecule has 0 saturated carbocycles. The highest BCUT2D eigenvalue weighted by Gasteiger charge is 2.48. The van der Waals surface area contributed by atoms with Gasteiger partial charge in [-0.1, -0.05) is 48.5 Å². The Hall–Kier alpha value is -3.39. The maximum Gasteiger partial charge on any atom is 0.407 e. The van der Waals surface area contributed by atoms with Crippen LogP contribution >= 0.6 is 0 Å². The molecule has 0 spiro atoms. The van der Waals surface area contributed by atoms with Crippen molar-refractivity contribution < 1.29 is 29.0 Å². The van der Waals surface area contributed by atoms with Gasteiger partial charge in [-0.2, -0.15) is 0 Å². The van der Waals surface area contributed by atoms with Crippen LogP contribution in [0.25, 0.3) is 11.1 Å². The Morgan fingerprint density at radius 1 is 1.15 bits per heavy atom. The topological polar surface area (TPSA) is 105 Å². The second-order valence-corrected chi connectivity index (χ2v) is 8.67. The number of ether oxygens (including phenoxy) is 2. The maximum absolute atomic E-state index is 12.7. The molecule has 1 unspecified atom stereocenters. The normalized spacial score (nSPS) is 19.9. The molecule has 2 amide bonds. The molecule has 2 aliphatic rings. The summed E-state index contributed by atoms with van der Waals surface area (Å²) in [6.45, 7) is 2.11. The van der Waals surface area contributed by atoms with Crippen LogP contribution in [0.5, 0.6) is 0 Å². The number of rotatable bonds is 7. The van der Waals surface area contributed by atoms with E-state index in [-0.39, 0.29) is 44.5 Å². The molecule has 8 nitrogen and oxygen atoms in total. The Kier molecular flexibility index (Phi) is 6.37. The first kappa shape index (κ1) is 22.8. The summed E-state index contributed by atoms with van der Waals surface area (Å²) in [4.78, 5) is 38.1. The molecule has 2 aromatic rings. The first-order chi connectivity index (χ1) is 15.8. The fraction of sp³-hybridized carbons (Fsp3) is 0.400. The zero-order valence-corrected chi connectivity index (χ0v) is 18.7. The summed E-state index contributed by atoms with van der Waals surface area (Å²) in [6, 6.07) is 15.6. The summed E-state index contributed by atoms with van der Waals surface area (Å²) in [7, 11) is 1.46. The number of aliphatic carboxylic acids is 1. The van der Waals surface area contributed by atoms with E-state index >= 15 is 0 Å². The third-order valence-corrected chi connectivity index (χ3v) is 6.60. The third kappa shape index (κ3) is 4.30. The Labute approximate surface area is 192 Å². The quantitative estimate of drug-likeness (QED) is 0.669. The van der Waals surface area contributed by atoms with Gasteiger partial charge in [0, 0.05) is 38.5 Å². The molecule has 0 bridgehead atoms. The van der Waals surface area contributed by atoms with Crippen LogP contribution in [0, 0.1) is 0 Å². The van der Waals surface area contributed by atoms with Crippen molar-refractivity contribution in [3.63, 3.8) is 0 Å². The molecule has 2 aromatic carbocycles. The lowest BCUT2D eigenvalue weighted by atomic mass is 9.96. The molecule has 2 N–H and O–H groups in total. The average Bonchev–Trinajstić information content (AvgIpc) is 3.41. The molecule has 1 aliphatic heterocycles. The minimum atomic E-state index is -1.36. The second kappa shape index (κ2) is 9.23. The zero-order valence-electron chi connectivity index (χ0n) is 18.7. The standard InChI is InChI=1S/C25H28N2O6/c1-16(13-22(28)27(2)25(23(29)30)11-12-32-15-25)26-24(31)33-14-21-19-9-5-3-7-17(19)18-8-4-6-10-20(18)21/h3-10,16,21H,11-15H2,1-2H3,(H,26,31)(H,29,30)/t16-,25?/m1/s1. The minimum Gasteiger partial charge on any atom is -0.479 e. The highest BCUT2D eigenvalue weighted by Crippen LogP contribution is 2.44. The van der Waals surface area contributed by atoms with Gasteiger partial charge < -0.3 is 24.8 Å². The van der Waals surface area contributed by atoms with E-state index in [1.807, 2.05) is 36.4 Å². The molecule has 1 heterocycles. The van der Waals surface area contributed by atoms with Crippen LogP contribution < -0.4 is 5.32 Å². The fourth-order valence-corrected chi connectivity index (χ4v) is 4.66. The van der Waals surface area contributed by atoms with E-state index in [4.69, 9.17) is 9.47 Å². The van der Waals surface area contributed by atoms with Gasteiger partial charge in [-0.05, 0) is 29.2 Å². The number of benzene rings is 2. The van der Waals surface area contributed by atoms with E-state index in [1.54, 1.807) is 6.92 Å². The molecule has 1 aliphatic carbocycles. The van der Waals surface area contributed by atoms with E-state index < -0.39 is 23.6 Å². The lowest BCUT2D eigenvalue weighted by Gasteiger charge is -2.34. The van der Waals surface area contributed by atoms with Gasteiger partial charge >= 0.3 is 12.1 Å². The zero-order chi connectivity index (χ0) is 23.6. The van der Waals surface area contributed by atoms with Crippen molar-refractivity contribution >= 4 is 18.0 Å². The molecule has 8 heteroatoms. The molecular weight excluding hydrogens is 424 g/mol. The number of alkyl carbamates (subject to hydrolysis) is 1. The Morgan fingerprint density at radius 2 is 1.76 bits per heavy atom. The van der Waals surface area contributed by atoms with Crippen LogP contribution in [-0.2, 0) is 19.1 Å². The van der Waals surface area contributed by atoms with Crippen LogP contribution in [-0.4, -0.2) is 66.4 Å². The summed E-state index contributed by atoms with van der Waals surface area (Å²) in [5, 5.41) is 12.3. The second-order valence-electron chi connectivity index (χ2n) is 8.67. The number of carbonyl (C=O) groups excluding carboxylic acids is 2. The summed E-state index contributed by atoms with van der Waals surface area (Å²) >= 11 is 0. The van der Waals surface area contributed by atoms with Gasteiger partial charge in [-0.3, -0.25) is 4.79 Å². The predicted molar refractivity (Wildman–Crippen MR) is 121 cm³/mol. The van der Waals surface area contributed by atoms with Crippen LogP contribution in [0.15, 0.2) is 48.5 Å². The van der Waals surface area contributed by atoms with Crippen molar-refractivity contribution in [1.82, 2.24) is 10.2 Å². The van der Waals surface area contributed by atoms with Gasteiger partial charge in [0.05, 0.1) is 6.61 Å². The molecule has 2 atom stereocenters. The van der Waals surface area contributed by atoms with Gasteiger partial charge in [0.15, 0.2) is 5.54 Å². The summed E-state index contributed by atoms with van der Waals surface area (Å²) in [6.07, 6.45) is -0.425. The van der Waals surface area contributed by atoms with Gasteiger partial charge in [0.25, 0.3) is 0 Å². The van der Waals surface area contributed by atoms with Crippen molar-refractivity contribution in [2.45, 2.75) is 37.3 Å². The number of amides is 2. The summed E-state index contributed by atoms with van der Waals surface area (Å²) in [5.74, 6) is -1.52. The fourth-order valence-electron chi connectivity index (χ4n) is 4.66. The van der Waals surface area contributed by atoms with E-state index in [2.05, 4.69) is 17.4 Å². The number of carboxylic acid groups (broad SMARTS) is 1. The molecule has 4 rings (SSSR count). The number of carbonyl (C=O) groups is 3. The highest BCUT2D eigenvalue weighted by atomic mass is 16.5. The van der Waals surface area contributed by atoms with E-state index in [0.29, 0.717) is 0 Å². The summed E-state index contributed by atoms with van der Waals surface area (Å²) < 4.78 is 10.7. The molecule has 33 heavy (non-hydrogen) atoms. The first-order valence-corrected chi connectivity index (χ1v) is 11.0. The molecule has 1 fully saturated rings. The van der Waals surface area contributed by atoms with Gasteiger partial charge in [0.1, 0.15) is 6.61 Å². The largest absolute Gasteiger partial charge is 0.479 e. The van der Waals surface area contributed by atoms with Crippen LogP contribution in [0.2, 0.25) is 0 Å². The van der Waals surface area contributed by atoms with Crippen LogP contribution in [0.3, 0.4) is 0 Å². The number of hydrogen-bond donors (Lipinski definition) is 2. The monoisotopic (exact) mass is 452 g/mol. The number of nitrogens with one attached hydrogen (secondary N) is 1. The van der Waals surface area contributed by atoms with Crippen molar-refractivity contribution in [3.05, 3.63) is 59.7 Å². The van der Waals surface area contributed by atoms with Gasteiger partial charge in [-0.25, -0.2) is 9.59 Å². The predicted octanol–water partition coefficient (Wildman–Crippen LogP) is 3.01. The number of fused-ring (bicyclic) bond motifs is 3. The van der Waals surface area contributed by atoms with E-state index in [9.17, 15) is 19.5 Å². The molecule has 0 aromatic heterocycles. The smallest absolute Gasteiger partial charge is 0.407 e. The van der Waals surface area contributed by atoms with E-state index in [0.717, 1.165) is 22.3 Å². The van der Waals surface area contributed by atoms with Crippen molar-refractivity contribution in [2.75, 3.05) is 26.9 Å². The van der Waals surface area contributed by atoms with Crippen molar-refractivity contribution in [1.29, 1.82) is 0 Å². The summed E-state index contributed by atoms with van der Waals surface area (Å²) in [5.41, 5.74) is 3.17. The number of carboxylic acids is 1. The number of nitrogens with zero attached hydrogens (tertiary/aromatic N) is 1. The van der Waals surface area contributed by atoms with Crippen LogP contribution in [0.4, 0.5) is 4.79 Å². The lowest BCUT2D eigenvalue weighted by Crippen LogP contribution is -2.56. The minimum absolute atomic E-state index is 0.0429. The van der Waals surface area contributed by atoms with Crippen molar-refractivity contribution in [3.8, 4) is 11.1 Å². The van der Waals surface area contributed by atoms with Gasteiger partial charge in [-0.15, -0.1) is 0 Å². The molecular formula is C25H28N2O6. The molecule has 0 radical (unpaired) electrons. The highest BCUT2D eigenvalue weighted by molar-refractivity contribution is 5.88. The van der Waals surface area contributed by atoms with Gasteiger partial charge in [0.2, 0.25) is 5.91 Å². The van der Waals surface area contributed by atoms with Crippen LogP contribution in [0.1, 0.15) is 36.8 Å². The average molecular weight is 453 g/mol. The number of hydrogen-bond acceptors (Lipinski definition) is 5. The Morgan fingerprint density at radius 3 is 2.30 bits per heavy atom. The van der Waals surface area contributed by atoms with E-state index in [1.165, 1.54) is 11.9 Å². The Bertz CT molecular complexity index is 1020. The lowest BCUT2D eigenvalue weighted by molar-refractivity contribution is -0.158. The number of likely N-dealkylation sites (N-methyl/N-ethyl adjacent to an activating group) is 1. The van der Waals surface area contributed by atoms with Crippen molar-refractivity contribution in [2.24, 2.45) is 0 Å².